The number of rotatable bonds is 4. The van der Waals surface area contributed by atoms with Crippen LogP contribution in [-0.4, -0.2) is 35.6 Å². The number of ether oxygens (including phenoxy) is 1. The van der Waals surface area contributed by atoms with Crippen molar-refractivity contribution in [3.63, 3.8) is 0 Å². The Morgan fingerprint density at radius 3 is 2.39 bits per heavy atom. The fraction of sp³-hybridized carbons (Fsp3) is 0.226. The Hall–Kier alpha value is -3.08. The van der Waals surface area contributed by atoms with E-state index in [0.717, 1.165) is 11.1 Å². The van der Waals surface area contributed by atoms with E-state index >= 15 is 0 Å². The normalized spacial score (nSPS) is 25.4. The number of fused-ring (bicyclic) bond motifs is 3. The van der Waals surface area contributed by atoms with Gasteiger partial charge in [0.2, 0.25) is 11.8 Å². The van der Waals surface area contributed by atoms with Crippen molar-refractivity contribution in [2.75, 3.05) is 12.0 Å². The Balaban J connectivity index is 1.52. The highest BCUT2D eigenvalue weighted by atomic mass is 79.9. The summed E-state index contributed by atoms with van der Waals surface area (Å²) in [5.74, 6) is -3.66. The number of phenols is 1. The number of anilines is 1. The molecule has 208 valence electrons. The molecule has 2 aromatic carbocycles. The van der Waals surface area contributed by atoms with Gasteiger partial charge in [-0.3, -0.25) is 24.1 Å². The Kier molecular flexibility index (Phi) is 7.07. The first-order valence-corrected chi connectivity index (χ1v) is 15.2. The van der Waals surface area contributed by atoms with Crippen molar-refractivity contribution in [2.45, 2.75) is 18.8 Å². The van der Waals surface area contributed by atoms with Crippen molar-refractivity contribution in [3.8, 4) is 11.5 Å². The van der Waals surface area contributed by atoms with E-state index < -0.39 is 23.7 Å². The molecular formula is C31H22Br3NO6. The summed E-state index contributed by atoms with van der Waals surface area (Å²) >= 11 is 10.2. The van der Waals surface area contributed by atoms with Gasteiger partial charge in [-0.1, -0.05) is 36.4 Å². The number of Topliss-reactive ketones (excluding diaryl/α,β-unsaturated/α-hetero) is 1. The topological polar surface area (TPSA) is 101 Å². The number of carbonyl (C=O) groups is 4. The number of benzene rings is 2. The fourth-order valence-corrected chi connectivity index (χ4v) is 7.96. The predicted octanol–water partition coefficient (Wildman–Crippen LogP) is 6.54. The predicted molar refractivity (Wildman–Crippen MR) is 164 cm³/mol. The molecule has 2 aromatic rings. The second-order valence-corrected chi connectivity index (χ2v) is 12.8. The van der Waals surface area contributed by atoms with Crippen LogP contribution < -0.4 is 9.64 Å². The van der Waals surface area contributed by atoms with E-state index in [4.69, 9.17) is 4.74 Å². The molecule has 1 aliphatic heterocycles. The monoisotopic (exact) mass is 741 g/mol. The van der Waals surface area contributed by atoms with Crippen LogP contribution in [0, 0.1) is 17.8 Å². The molecule has 1 N–H and O–H groups in total. The zero-order valence-corrected chi connectivity index (χ0v) is 26.4. The fourth-order valence-electron chi connectivity index (χ4n) is 6.55. The molecule has 4 aliphatic rings. The lowest BCUT2D eigenvalue weighted by molar-refractivity contribution is -0.123. The van der Waals surface area contributed by atoms with Crippen molar-refractivity contribution < 1.29 is 29.0 Å². The molecule has 3 aliphatic carbocycles. The van der Waals surface area contributed by atoms with Crippen LogP contribution in [0.3, 0.4) is 0 Å². The van der Waals surface area contributed by atoms with Crippen molar-refractivity contribution >= 4 is 82.9 Å². The highest BCUT2D eigenvalue weighted by molar-refractivity contribution is 9.13. The summed E-state index contributed by atoms with van der Waals surface area (Å²) in [6.07, 6.45) is 5.38. The van der Waals surface area contributed by atoms with Crippen LogP contribution in [0.25, 0.3) is 6.08 Å². The van der Waals surface area contributed by atoms with E-state index in [1.54, 1.807) is 36.4 Å². The van der Waals surface area contributed by atoms with Gasteiger partial charge in [0.25, 0.3) is 0 Å². The van der Waals surface area contributed by atoms with E-state index in [1.165, 1.54) is 18.1 Å². The third-order valence-electron chi connectivity index (χ3n) is 8.42. The minimum absolute atomic E-state index is 0.120. The second kappa shape index (κ2) is 10.3. The van der Waals surface area contributed by atoms with Crippen molar-refractivity contribution in [2.24, 2.45) is 17.8 Å². The number of hydrogen-bond donors (Lipinski definition) is 1. The molecule has 0 radical (unpaired) electrons. The smallest absolute Gasteiger partial charge is 0.238 e. The van der Waals surface area contributed by atoms with E-state index in [-0.39, 0.29) is 45.8 Å². The summed E-state index contributed by atoms with van der Waals surface area (Å²) < 4.78 is 6.38. The van der Waals surface area contributed by atoms with E-state index in [1.807, 2.05) is 6.08 Å². The minimum Gasteiger partial charge on any atom is -0.503 e. The van der Waals surface area contributed by atoms with Gasteiger partial charge in [-0.15, -0.1) is 0 Å². The van der Waals surface area contributed by atoms with Crippen LogP contribution in [0.1, 0.15) is 29.9 Å². The standard InChI is InChI=1S/C31H22Br3NO6/c1-3-13-4-6-14(7-5-13)35-30(39)16-9-8-15-17(24(16)31(35)40)10-19-25(21(36)12-20(32)28(19)37)23(15)18-11-22(41-2)29(38)27(34)26(18)33/h3-8,11-12,16-17,23-24,38H,1,9-10H2,2H3/t16-,17+,23+,24-/m0/s1. The number of allylic oxidation sites excluding steroid dienone is 6. The maximum absolute atomic E-state index is 14.0. The number of methoxy groups -OCH3 is 1. The van der Waals surface area contributed by atoms with Crippen molar-refractivity contribution in [1.82, 2.24) is 0 Å². The molecule has 0 aromatic heterocycles. The van der Waals surface area contributed by atoms with E-state index in [9.17, 15) is 24.3 Å². The number of amides is 2. The maximum Gasteiger partial charge on any atom is 0.238 e. The molecule has 0 saturated carbocycles. The van der Waals surface area contributed by atoms with Crippen LogP contribution in [0.2, 0.25) is 0 Å². The molecule has 7 nitrogen and oxygen atoms in total. The van der Waals surface area contributed by atoms with Crippen LogP contribution in [0.5, 0.6) is 11.5 Å². The summed E-state index contributed by atoms with van der Waals surface area (Å²) in [5.41, 5.74) is 3.38. The number of halogens is 3. The molecule has 0 spiro atoms. The first-order chi connectivity index (χ1) is 19.6. The zero-order valence-electron chi connectivity index (χ0n) is 21.6. The summed E-state index contributed by atoms with van der Waals surface area (Å²) in [4.78, 5) is 55.9. The minimum atomic E-state index is -0.706. The molecule has 1 fully saturated rings. The highest BCUT2D eigenvalue weighted by Crippen LogP contribution is 2.58. The Morgan fingerprint density at radius 1 is 1.02 bits per heavy atom. The average Bonchev–Trinajstić information content (AvgIpc) is 3.23. The zero-order chi connectivity index (χ0) is 29.3. The molecule has 41 heavy (non-hydrogen) atoms. The second-order valence-electron chi connectivity index (χ2n) is 10.3. The van der Waals surface area contributed by atoms with Gasteiger partial charge in [-0.2, -0.15) is 0 Å². The average molecular weight is 744 g/mol. The number of aromatic hydroxyl groups is 1. The molecule has 1 saturated heterocycles. The van der Waals surface area contributed by atoms with Gasteiger partial charge in [0.1, 0.15) is 0 Å². The Labute approximate surface area is 261 Å². The van der Waals surface area contributed by atoms with Crippen LogP contribution in [0.15, 0.2) is 79.2 Å². The molecular weight excluding hydrogens is 722 g/mol. The lowest BCUT2D eigenvalue weighted by Gasteiger charge is -2.42. The molecule has 1 heterocycles. The summed E-state index contributed by atoms with van der Waals surface area (Å²) in [6.45, 7) is 3.76. The number of imide groups is 1. The largest absolute Gasteiger partial charge is 0.503 e. The number of ketones is 2. The Morgan fingerprint density at radius 2 is 1.73 bits per heavy atom. The lowest BCUT2D eigenvalue weighted by Crippen LogP contribution is -2.39. The van der Waals surface area contributed by atoms with Crippen molar-refractivity contribution in [1.29, 1.82) is 0 Å². The number of phenolic OH excluding ortho intramolecular Hbond substituents is 1. The number of nitrogens with zero attached hydrogens (tertiary/aromatic N) is 1. The third kappa shape index (κ3) is 4.17. The van der Waals surface area contributed by atoms with Gasteiger partial charge in [-0.25, -0.2) is 0 Å². The SMILES string of the molecule is C=Cc1ccc(N2C(=O)[C@H]3[C@H](CC=C4[C@H](c5cc(OC)c(O)c(Br)c5Br)C5=C(C[C@H]43)C(=O)C(Br)=CC5=O)C2=O)cc1. The van der Waals surface area contributed by atoms with Crippen LogP contribution in [0.4, 0.5) is 5.69 Å². The molecule has 2 amide bonds. The van der Waals surface area contributed by atoms with Gasteiger partial charge in [-0.05, 0) is 95.9 Å². The first kappa shape index (κ1) is 28.1. The van der Waals surface area contributed by atoms with Crippen molar-refractivity contribution in [3.05, 3.63) is 90.3 Å². The molecule has 4 atom stereocenters. The number of carbonyl (C=O) groups excluding carboxylic acids is 4. The van der Waals surface area contributed by atoms with Gasteiger partial charge in [0.15, 0.2) is 23.1 Å². The van der Waals surface area contributed by atoms with E-state index in [0.29, 0.717) is 37.8 Å². The van der Waals surface area contributed by atoms with Crippen LogP contribution in [-0.2, 0) is 19.2 Å². The third-order valence-corrected chi connectivity index (χ3v) is 11.2. The summed E-state index contributed by atoms with van der Waals surface area (Å²) in [7, 11) is 1.42. The van der Waals surface area contributed by atoms with Gasteiger partial charge in [0, 0.05) is 27.6 Å². The number of hydrogen-bond acceptors (Lipinski definition) is 6. The van der Waals surface area contributed by atoms with Gasteiger partial charge in [0.05, 0.1) is 33.6 Å². The lowest BCUT2D eigenvalue weighted by atomic mass is 9.59. The van der Waals surface area contributed by atoms with E-state index in [2.05, 4.69) is 54.4 Å². The molecule has 0 bridgehead atoms. The summed E-state index contributed by atoms with van der Waals surface area (Å²) in [6, 6.07) is 8.68. The highest BCUT2D eigenvalue weighted by Gasteiger charge is 2.57. The maximum atomic E-state index is 14.0. The summed E-state index contributed by atoms with van der Waals surface area (Å²) in [5, 5.41) is 10.6. The molecule has 0 unspecified atom stereocenters. The Bertz CT molecular complexity index is 1690. The van der Waals surface area contributed by atoms with Gasteiger partial charge < -0.3 is 9.84 Å². The first-order valence-electron chi connectivity index (χ1n) is 12.8. The van der Waals surface area contributed by atoms with Gasteiger partial charge >= 0.3 is 0 Å². The van der Waals surface area contributed by atoms with Crippen LogP contribution >= 0.6 is 47.8 Å². The molecule has 10 heteroatoms. The molecule has 6 rings (SSSR count). The quantitative estimate of drug-likeness (QED) is 0.217.